The van der Waals surface area contributed by atoms with Crippen molar-refractivity contribution in [1.82, 2.24) is 10.6 Å². The van der Waals surface area contributed by atoms with Crippen LogP contribution in [0.5, 0.6) is 0 Å². The first-order chi connectivity index (χ1) is 11.6. The van der Waals surface area contributed by atoms with E-state index in [1.54, 1.807) is 45.0 Å². The van der Waals surface area contributed by atoms with E-state index in [0.29, 0.717) is 5.02 Å². The summed E-state index contributed by atoms with van der Waals surface area (Å²) in [7, 11) is 0. The van der Waals surface area contributed by atoms with Gasteiger partial charge in [-0.25, -0.2) is 9.18 Å². The summed E-state index contributed by atoms with van der Waals surface area (Å²) in [6.07, 6.45) is -2.35. The molecular formula is C17H24ClFN2O4. The molecule has 2 N–H and O–H groups in total. The number of halogens is 2. The fourth-order valence-electron chi connectivity index (χ4n) is 1.78. The third-order valence-corrected chi connectivity index (χ3v) is 3.13. The summed E-state index contributed by atoms with van der Waals surface area (Å²) in [4.78, 5) is 24.1. The zero-order valence-electron chi connectivity index (χ0n) is 14.8. The van der Waals surface area contributed by atoms with E-state index in [1.807, 2.05) is 0 Å². The number of nitrogens with one attached hydrogen (secondary N) is 2. The molecule has 25 heavy (non-hydrogen) atoms. The molecule has 1 aromatic carbocycles. The highest BCUT2D eigenvalue weighted by atomic mass is 35.5. The SMILES string of the molecule is CC(F)OC[C@@H](NC(=O)OC(C)(C)C)C(=O)NCc1ccc(Cl)cc1. The van der Waals surface area contributed by atoms with Crippen LogP contribution >= 0.6 is 11.6 Å². The average Bonchev–Trinajstić information content (AvgIpc) is 2.48. The van der Waals surface area contributed by atoms with Crippen LogP contribution < -0.4 is 10.6 Å². The fourth-order valence-corrected chi connectivity index (χ4v) is 1.90. The number of benzene rings is 1. The number of alkyl carbamates (subject to hydrolysis) is 1. The normalized spacial score (nSPS) is 13.7. The molecule has 0 bridgehead atoms. The molecule has 140 valence electrons. The van der Waals surface area contributed by atoms with Crippen molar-refractivity contribution >= 4 is 23.6 Å². The van der Waals surface area contributed by atoms with E-state index in [4.69, 9.17) is 21.1 Å². The van der Waals surface area contributed by atoms with Gasteiger partial charge in [0.1, 0.15) is 11.6 Å². The predicted octanol–water partition coefficient (Wildman–Crippen LogP) is 3.18. The van der Waals surface area contributed by atoms with Crippen molar-refractivity contribution in [2.45, 2.75) is 52.2 Å². The second-order valence-electron chi connectivity index (χ2n) is 6.42. The van der Waals surface area contributed by atoms with Gasteiger partial charge in [-0.15, -0.1) is 0 Å². The summed E-state index contributed by atoms with van der Waals surface area (Å²) in [5, 5.41) is 5.63. The highest BCUT2D eigenvalue weighted by Crippen LogP contribution is 2.10. The topological polar surface area (TPSA) is 76.7 Å². The van der Waals surface area contributed by atoms with E-state index in [1.165, 1.54) is 6.92 Å². The van der Waals surface area contributed by atoms with Crippen LogP contribution in [0.3, 0.4) is 0 Å². The monoisotopic (exact) mass is 374 g/mol. The van der Waals surface area contributed by atoms with Gasteiger partial charge in [0.2, 0.25) is 5.91 Å². The van der Waals surface area contributed by atoms with Crippen LogP contribution in [0.25, 0.3) is 0 Å². The van der Waals surface area contributed by atoms with Gasteiger partial charge in [0.15, 0.2) is 6.36 Å². The molecule has 0 aliphatic carbocycles. The molecule has 1 unspecified atom stereocenters. The van der Waals surface area contributed by atoms with Crippen molar-refractivity contribution in [1.29, 1.82) is 0 Å². The summed E-state index contributed by atoms with van der Waals surface area (Å²) in [5.74, 6) is -0.513. The van der Waals surface area contributed by atoms with Crippen LogP contribution in [0.2, 0.25) is 5.02 Å². The van der Waals surface area contributed by atoms with Crippen LogP contribution in [-0.2, 0) is 20.8 Å². The van der Waals surface area contributed by atoms with E-state index >= 15 is 0 Å². The quantitative estimate of drug-likeness (QED) is 0.768. The molecule has 2 atom stereocenters. The van der Waals surface area contributed by atoms with Gasteiger partial charge in [0, 0.05) is 11.6 Å². The van der Waals surface area contributed by atoms with Crippen LogP contribution in [0.15, 0.2) is 24.3 Å². The highest BCUT2D eigenvalue weighted by molar-refractivity contribution is 6.30. The van der Waals surface area contributed by atoms with E-state index in [0.717, 1.165) is 5.56 Å². The maximum atomic E-state index is 12.9. The molecule has 0 fully saturated rings. The molecule has 0 saturated carbocycles. The minimum absolute atomic E-state index is 0.230. The Morgan fingerprint density at radius 1 is 1.24 bits per heavy atom. The Hall–Kier alpha value is -1.86. The predicted molar refractivity (Wildman–Crippen MR) is 93.0 cm³/mol. The molecule has 0 aliphatic rings. The molecule has 0 radical (unpaired) electrons. The molecular weight excluding hydrogens is 351 g/mol. The van der Waals surface area contributed by atoms with Gasteiger partial charge in [-0.05, 0) is 45.4 Å². The number of hydrogen-bond acceptors (Lipinski definition) is 4. The largest absolute Gasteiger partial charge is 0.444 e. The second-order valence-corrected chi connectivity index (χ2v) is 6.86. The van der Waals surface area contributed by atoms with Crippen molar-refractivity contribution < 1.29 is 23.5 Å². The number of carbonyl (C=O) groups is 2. The lowest BCUT2D eigenvalue weighted by Gasteiger charge is -2.23. The van der Waals surface area contributed by atoms with Gasteiger partial charge in [0.25, 0.3) is 0 Å². The first kappa shape index (κ1) is 21.2. The number of ether oxygens (including phenoxy) is 2. The molecule has 0 aromatic heterocycles. The first-order valence-electron chi connectivity index (χ1n) is 7.84. The van der Waals surface area contributed by atoms with Crippen LogP contribution in [0.1, 0.15) is 33.3 Å². The van der Waals surface area contributed by atoms with Crippen LogP contribution in [-0.4, -0.2) is 36.6 Å². The Labute approximate surface area is 152 Å². The van der Waals surface area contributed by atoms with Gasteiger partial charge >= 0.3 is 6.09 Å². The molecule has 6 nitrogen and oxygen atoms in total. The highest BCUT2D eigenvalue weighted by Gasteiger charge is 2.25. The zero-order valence-corrected chi connectivity index (χ0v) is 15.5. The molecule has 1 rings (SSSR count). The smallest absolute Gasteiger partial charge is 0.408 e. The van der Waals surface area contributed by atoms with Crippen molar-refractivity contribution in [2.75, 3.05) is 6.61 Å². The standard InChI is InChI=1S/C17H24ClFN2O4/c1-11(19)24-10-14(21-16(23)25-17(2,3)4)15(22)20-9-12-5-7-13(18)8-6-12/h5-8,11,14H,9-10H2,1-4H3,(H,20,22)(H,21,23)/t11?,14-/m1/s1. The zero-order chi connectivity index (χ0) is 19.0. The second kappa shape index (κ2) is 9.58. The van der Waals surface area contributed by atoms with Gasteiger partial charge in [-0.1, -0.05) is 23.7 Å². The lowest BCUT2D eigenvalue weighted by Crippen LogP contribution is -2.50. The van der Waals surface area contributed by atoms with Crippen molar-refractivity contribution in [2.24, 2.45) is 0 Å². The van der Waals surface area contributed by atoms with Gasteiger partial charge in [-0.3, -0.25) is 4.79 Å². The summed E-state index contributed by atoms with van der Waals surface area (Å²) in [6.45, 7) is 6.19. The fraction of sp³-hybridized carbons (Fsp3) is 0.529. The lowest BCUT2D eigenvalue weighted by atomic mass is 10.2. The number of rotatable bonds is 7. The van der Waals surface area contributed by atoms with Crippen molar-refractivity contribution in [3.63, 3.8) is 0 Å². The van der Waals surface area contributed by atoms with E-state index in [2.05, 4.69) is 10.6 Å². The minimum Gasteiger partial charge on any atom is -0.444 e. The Morgan fingerprint density at radius 2 is 1.84 bits per heavy atom. The molecule has 1 aromatic rings. The lowest BCUT2D eigenvalue weighted by molar-refractivity contribution is -0.126. The average molecular weight is 375 g/mol. The number of amides is 2. The maximum Gasteiger partial charge on any atom is 0.408 e. The Morgan fingerprint density at radius 3 is 2.36 bits per heavy atom. The van der Waals surface area contributed by atoms with E-state index in [9.17, 15) is 14.0 Å². The van der Waals surface area contributed by atoms with E-state index < -0.39 is 30.0 Å². The molecule has 0 saturated heterocycles. The van der Waals surface area contributed by atoms with Gasteiger partial charge < -0.3 is 20.1 Å². The minimum atomic E-state index is -1.56. The van der Waals surface area contributed by atoms with Crippen molar-refractivity contribution in [3.8, 4) is 0 Å². The summed E-state index contributed by atoms with van der Waals surface area (Å²) in [6, 6.07) is 5.85. The van der Waals surface area contributed by atoms with Gasteiger partial charge in [-0.2, -0.15) is 0 Å². The Balaban J connectivity index is 2.64. The number of hydrogen-bond donors (Lipinski definition) is 2. The molecule has 2 amide bonds. The maximum absolute atomic E-state index is 12.9. The summed E-state index contributed by atoms with van der Waals surface area (Å²) < 4.78 is 22.8. The van der Waals surface area contributed by atoms with Crippen LogP contribution in [0, 0.1) is 0 Å². The summed E-state index contributed by atoms with van der Waals surface area (Å²) in [5.41, 5.74) is 0.108. The van der Waals surface area contributed by atoms with E-state index in [-0.39, 0.29) is 13.2 Å². The molecule has 0 aliphatic heterocycles. The van der Waals surface area contributed by atoms with Crippen LogP contribution in [0.4, 0.5) is 9.18 Å². The molecule has 8 heteroatoms. The van der Waals surface area contributed by atoms with Crippen molar-refractivity contribution in [3.05, 3.63) is 34.9 Å². The molecule has 0 spiro atoms. The summed E-state index contributed by atoms with van der Waals surface area (Å²) >= 11 is 5.80. The number of alkyl halides is 1. The Bertz CT molecular complexity index is 573. The number of carbonyl (C=O) groups excluding carboxylic acids is 2. The first-order valence-corrected chi connectivity index (χ1v) is 8.22. The molecule has 0 heterocycles. The Kier molecular flexibility index (Phi) is 8.12. The van der Waals surface area contributed by atoms with Gasteiger partial charge in [0.05, 0.1) is 6.61 Å². The third-order valence-electron chi connectivity index (χ3n) is 2.88. The third kappa shape index (κ3) is 9.26.